The van der Waals surface area contributed by atoms with Crippen molar-refractivity contribution in [2.24, 2.45) is 11.8 Å². The summed E-state index contributed by atoms with van der Waals surface area (Å²) in [5.74, 6) is 1.88. The van der Waals surface area contributed by atoms with Crippen molar-refractivity contribution in [2.45, 2.75) is 98.3 Å². The average molecular weight is 240 g/mol. The van der Waals surface area contributed by atoms with Crippen molar-refractivity contribution in [2.75, 3.05) is 0 Å². The molecule has 0 saturated carbocycles. The molecular weight excluding hydrogens is 204 g/mol. The zero-order valence-corrected chi connectivity index (χ0v) is 12.9. The van der Waals surface area contributed by atoms with Gasteiger partial charge in [0.2, 0.25) is 0 Å². The van der Waals surface area contributed by atoms with Crippen LogP contribution in [0.4, 0.5) is 0 Å². The summed E-state index contributed by atoms with van der Waals surface area (Å²) >= 11 is 0. The molecule has 0 amide bonds. The lowest BCUT2D eigenvalue weighted by molar-refractivity contribution is 0.325. The summed E-state index contributed by atoms with van der Waals surface area (Å²) in [7, 11) is 0. The van der Waals surface area contributed by atoms with E-state index in [4.69, 9.17) is 0 Å². The van der Waals surface area contributed by atoms with Crippen molar-refractivity contribution in [3.05, 3.63) is 0 Å². The van der Waals surface area contributed by atoms with Crippen molar-refractivity contribution in [3.63, 3.8) is 0 Å². The summed E-state index contributed by atoms with van der Waals surface area (Å²) in [5.41, 5.74) is 0. The van der Waals surface area contributed by atoms with E-state index in [1.165, 1.54) is 70.6 Å². The van der Waals surface area contributed by atoms with Crippen LogP contribution in [0.15, 0.2) is 0 Å². The van der Waals surface area contributed by atoms with E-state index in [0.717, 1.165) is 11.8 Å². The van der Waals surface area contributed by atoms with Gasteiger partial charge in [0.25, 0.3) is 0 Å². The van der Waals surface area contributed by atoms with Gasteiger partial charge in [-0.05, 0) is 11.8 Å². The van der Waals surface area contributed by atoms with E-state index >= 15 is 0 Å². The van der Waals surface area contributed by atoms with Crippen molar-refractivity contribution in [1.82, 2.24) is 0 Å². The predicted molar refractivity (Wildman–Crippen MR) is 80.5 cm³/mol. The Balaban J connectivity index is 3.28. The van der Waals surface area contributed by atoms with Crippen LogP contribution in [0, 0.1) is 11.8 Å². The van der Waals surface area contributed by atoms with E-state index in [-0.39, 0.29) is 0 Å². The fourth-order valence-corrected chi connectivity index (χ4v) is 2.52. The van der Waals surface area contributed by atoms with Crippen LogP contribution in [0.3, 0.4) is 0 Å². The third-order valence-corrected chi connectivity index (χ3v) is 4.25. The number of hydrogen-bond donors (Lipinski definition) is 0. The highest BCUT2D eigenvalue weighted by Gasteiger charge is 2.10. The molecule has 0 aliphatic carbocycles. The molecule has 0 aliphatic heterocycles. The Morgan fingerprint density at radius 1 is 0.529 bits per heavy atom. The fourth-order valence-electron chi connectivity index (χ4n) is 2.52. The van der Waals surface area contributed by atoms with Crippen LogP contribution in [0.1, 0.15) is 98.3 Å². The molecule has 17 heavy (non-hydrogen) atoms. The lowest BCUT2D eigenvalue weighted by Gasteiger charge is -2.19. The molecule has 0 fully saturated rings. The molecule has 0 saturated heterocycles. The first-order valence-electron chi connectivity index (χ1n) is 8.22. The molecule has 0 aromatic heterocycles. The smallest absolute Gasteiger partial charge is 0.0417 e. The number of unbranched alkanes of at least 4 members (excludes halogenated alkanes) is 7. The summed E-state index contributed by atoms with van der Waals surface area (Å²) in [5, 5.41) is 0. The standard InChI is InChI=1S/C17H36/c1-5-7-9-10-11-12-13-15-17(4)16(3)14-8-6-2/h16-17H,5-15H2,1-4H3. The van der Waals surface area contributed by atoms with E-state index < -0.39 is 0 Å². The van der Waals surface area contributed by atoms with Gasteiger partial charge in [0, 0.05) is 0 Å². The maximum absolute atomic E-state index is 2.46. The summed E-state index contributed by atoms with van der Waals surface area (Å²) in [6.07, 6.45) is 15.8. The molecular formula is C17H36. The Morgan fingerprint density at radius 3 is 1.47 bits per heavy atom. The van der Waals surface area contributed by atoms with Crippen molar-refractivity contribution in [1.29, 1.82) is 0 Å². The predicted octanol–water partition coefficient (Wildman–Crippen LogP) is 6.59. The largest absolute Gasteiger partial charge is 0.0654 e. The van der Waals surface area contributed by atoms with Crippen LogP contribution in [0.2, 0.25) is 0 Å². The lowest BCUT2D eigenvalue weighted by Crippen LogP contribution is -2.07. The van der Waals surface area contributed by atoms with Gasteiger partial charge in [-0.2, -0.15) is 0 Å². The van der Waals surface area contributed by atoms with E-state index in [9.17, 15) is 0 Å². The third-order valence-electron chi connectivity index (χ3n) is 4.25. The molecule has 0 spiro atoms. The zero-order chi connectivity index (χ0) is 12.9. The molecule has 0 aromatic carbocycles. The second-order valence-electron chi connectivity index (χ2n) is 6.01. The first kappa shape index (κ1) is 17.0. The third kappa shape index (κ3) is 10.9. The molecule has 104 valence electrons. The summed E-state index contributed by atoms with van der Waals surface area (Å²) in [4.78, 5) is 0. The molecule has 0 nitrogen and oxygen atoms in total. The average Bonchev–Trinajstić information content (AvgIpc) is 2.34. The molecule has 0 aromatic rings. The summed E-state index contributed by atoms with van der Waals surface area (Å²) in [6.45, 7) is 9.49. The van der Waals surface area contributed by atoms with E-state index in [0.29, 0.717) is 0 Å². The SMILES string of the molecule is CCCCCCCCCC(C)C(C)CCCC. The quantitative estimate of drug-likeness (QED) is 0.338. The van der Waals surface area contributed by atoms with Gasteiger partial charge in [-0.15, -0.1) is 0 Å². The second kappa shape index (κ2) is 12.5. The maximum atomic E-state index is 2.46. The highest BCUT2D eigenvalue weighted by Crippen LogP contribution is 2.23. The van der Waals surface area contributed by atoms with Gasteiger partial charge >= 0.3 is 0 Å². The van der Waals surface area contributed by atoms with Crippen LogP contribution >= 0.6 is 0 Å². The Kier molecular flexibility index (Phi) is 12.5. The minimum atomic E-state index is 0.940. The summed E-state index contributed by atoms with van der Waals surface area (Å²) < 4.78 is 0. The Morgan fingerprint density at radius 2 is 0.941 bits per heavy atom. The van der Waals surface area contributed by atoms with Crippen molar-refractivity contribution < 1.29 is 0 Å². The van der Waals surface area contributed by atoms with Crippen LogP contribution < -0.4 is 0 Å². The number of hydrogen-bond acceptors (Lipinski definition) is 0. The maximum Gasteiger partial charge on any atom is -0.0417 e. The van der Waals surface area contributed by atoms with Gasteiger partial charge in [-0.25, -0.2) is 0 Å². The summed E-state index contributed by atoms with van der Waals surface area (Å²) in [6, 6.07) is 0. The van der Waals surface area contributed by atoms with Gasteiger partial charge in [0.15, 0.2) is 0 Å². The molecule has 0 heterocycles. The van der Waals surface area contributed by atoms with Crippen LogP contribution in [-0.2, 0) is 0 Å². The molecule has 0 radical (unpaired) electrons. The van der Waals surface area contributed by atoms with Gasteiger partial charge in [0.05, 0.1) is 0 Å². The first-order valence-corrected chi connectivity index (χ1v) is 8.22. The highest BCUT2D eigenvalue weighted by atomic mass is 14.2. The van der Waals surface area contributed by atoms with Crippen molar-refractivity contribution >= 4 is 0 Å². The van der Waals surface area contributed by atoms with E-state index in [1.54, 1.807) is 0 Å². The molecule has 0 aliphatic rings. The lowest BCUT2D eigenvalue weighted by atomic mass is 9.87. The van der Waals surface area contributed by atoms with Crippen LogP contribution in [0.25, 0.3) is 0 Å². The van der Waals surface area contributed by atoms with E-state index in [2.05, 4.69) is 27.7 Å². The van der Waals surface area contributed by atoms with Gasteiger partial charge < -0.3 is 0 Å². The van der Waals surface area contributed by atoms with Gasteiger partial charge in [-0.3, -0.25) is 0 Å². The minimum absolute atomic E-state index is 0.940. The normalized spacial score (nSPS) is 14.8. The first-order chi connectivity index (χ1) is 8.22. The Hall–Kier alpha value is 0. The highest BCUT2D eigenvalue weighted by molar-refractivity contribution is 4.62. The van der Waals surface area contributed by atoms with Crippen LogP contribution in [0.5, 0.6) is 0 Å². The topological polar surface area (TPSA) is 0 Å². The van der Waals surface area contributed by atoms with Crippen molar-refractivity contribution in [3.8, 4) is 0 Å². The fraction of sp³-hybridized carbons (Fsp3) is 1.00. The Labute approximate surface area is 111 Å². The second-order valence-corrected chi connectivity index (χ2v) is 6.01. The molecule has 0 rings (SSSR count). The zero-order valence-electron chi connectivity index (χ0n) is 12.9. The molecule has 0 bridgehead atoms. The minimum Gasteiger partial charge on any atom is -0.0654 e. The van der Waals surface area contributed by atoms with Gasteiger partial charge in [-0.1, -0.05) is 98.3 Å². The van der Waals surface area contributed by atoms with Crippen LogP contribution in [-0.4, -0.2) is 0 Å². The molecule has 0 N–H and O–H groups in total. The molecule has 2 unspecified atom stereocenters. The molecule has 0 heteroatoms. The number of rotatable bonds is 12. The monoisotopic (exact) mass is 240 g/mol. The van der Waals surface area contributed by atoms with Gasteiger partial charge in [0.1, 0.15) is 0 Å². The Bertz CT molecular complexity index is 139. The molecule has 2 atom stereocenters. The van der Waals surface area contributed by atoms with E-state index in [1.807, 2.05) is 0 Å².